The van der Waals surface area contributed by atoms with Crippen molar-refractivity contribution in [3.63, 3.8) is 0 Å². The van der Waals surface area contributed by atoms with Crippen molar-refractivity contribution in [3.8, 4) is 11.3 Å². The molecule has 73 heavy (non-hydrogen) atoms. The molecule has 0 radical (unpaired) electrons. The van der Waals surface area contributed by atoms with Gasteiger partial charge < -0.3 is 30.5 Å². The lowest BCUT2D eigenvalue weighted by atomic mass is 9.59. The third-order valence-electron chi connectivity index (χ3n) is 16.1. The zero-order chi connectivity index (χ0) is 50.4. The van der Waals surface area contributed by atoms with E-state index in [1.807, 2.05) is 16.9 Å². The maximum Gasteiger partial charge on any atom is 0.361 e. The van der Waals surface area contributed by atoms with Gasteiger partial charge in [0.15, 0.2) is 11.5 Å². The molecule has 5 aliphatic heterocycles. The number of imide groups is 2. The largest absolute Gasteiger partial charge is 0.442 e. The van der Waals surface area contributed by atoms with E-state index < -0.39 is 53.5 Å². The van der Waals surface area contributed by atoms with Gasteiger partial charge in [-0.2, -0.15) is 5.10 Å². The summed E-state index contributed by atoms with van der Waals surface area (Å²) in [5.41, 5.74) is 9.72. The quantitative estimate of drug-likeness (QED) is 0.0995. The molecule has 4 saturated heterocycles. The lowest BCUT2D eigenvalue weighted by molar-refractivity contribution is -0.136. The molecule has 1 unspecified atom stereocenters. The van der Waals surface area contributed by atoms with E-state index in [1.54, 1.807) is 48.7 Å². The smallest absolute Gasteiger partial charge is 0.361 e. The monoisotopic (exact) mass is 991 g/mol. The number of carbonyl (C=O) groups excluding carboxylic acids is 6. The Morgan fingerprint density at radius 2 is 1.56 bits per heavy atom. The van der Waals surface area contributed by atoms with Crippen LogP contribution in [0.2, 0.25) is 0 Å². The van der Waals surface area contributed by atoms with Crippen LogP contribution in [-0.4, -0.2) is 128 Å². The maximum absolute atomic E-state index is 13.6. The molecule has 11 rings (SSSR count). The van der Waals surface area contributed by atoms with Gasteiger partial charge in [-0.1, -0.05) is 30.3 Å². The van der Waals surface area contributed by atoms with Crippen molar-refractivity contribution in [2.75, 3.05) is 61.8 Å². The Morgan fingerprint density at radius 3 is 2.29 bits per heavy atom. The number of halogens is 1. The van der Waals surface area contributed by atoms with Crippen LogP contribution in [0.15, 0.2) is 91.4 Å². The molecule has 5 fully saturated rings. The fourth-order valence-electron chi connectivity index (χ4n) is 11.9. The molecule has 5 aromatic rings. The van der Waals surface area contributed by atoms with Crippen LogP contribution in [0.4, 0.5) is 21.6 Å². The third-order valence-corrected chi connectivity index (χ3v) is 16.1. The molecule has 2 aromatic heterocycles. The highest BCUT2D eigenvalue weighted by atomic mass is 19.1. The number of amides is 5. The van der Waals surface area contributed by atoms with Gasteiger partial charge >= 0.3 is 5.97 Å². The first-order valence-electron chi connectivity index (χ1n) is 25.4. The molecular weight excluding hydrogens is 934 g/mol. The molecule has 0 bridgehead atoms. The zero-order valence-electron chi connectivity index (χ0n) is 40.5. The molecule has 378 valence electrons. The Kier molecular flexibility index (Phi) is 13.1. The van der Waals surface area contributed by atoms with E-state index >= 15 is 0 Å². The molecule has 2 atom stereocenters. The summed E-state index contributed by atoms with van der Waals surface area (Å²) in [6.07, 6.45) is 13.0. The number of nitrogens with one attached hydrogen (secondary N) is 2. The lowest BCUT2D eigenvalue weighted by Gasteiger charge is -2.56. The molecule has 3 aromatic carbocycles. The molecule has 1 aliphatic carbocycles. The van der Waals surface area contributed by atoms with E-state index in [0.717, 1.165) is 82.1 Å². The summed E-state index contributed by atoms with van der Waals surface area (Å²) < 4.78 is 21.2. The standard InChI is InChI=1S/C54H58FN11O7/c55-36-6-8-37(9-7-36)59-50(69)47(34-4-2-1-3-5-34)73-53(72)46-48(56)57-30-43(60-46)35-29-58-65(32-35)38-16-22-64(23-17-38)40-27-54(28-40)18-24-62(25-19-54)31-33-14-20-63(21-15-33)39-10-11-41-42(26-39)52(71)66(51(41)70)44-12-13-45(67)61-49(44)68/h1-11,26,29-30,32-33,38,40,44,47H,12-25,27-28,31H2,(H2,56,57)(H,59,69)(H,61,67,68)/t44?,47-/m1/s1. The minimum atomic E-state index is -1.35. The number of esters is 1. The average Bonchev–Trinajstić information content (AvgIpc) is 3.98. The predicted molar refractivity (Wildman–Crippen MR) is 266 cm³/mol. The summed E-state index contributed by atoms with van der Waals surface area (Å²) in [4.78, 5) is 95.3. The van der Waals surface area contributed by atoms with Crippen molar-refractivity contribution in [2.24, 2.45) is 11.3 Å². The van der Waals surface area contributed by atoms with Crippen LogP contribution in [0.25, 0.3) is 11.3 Å². The van der Waals surface area contributed by atoms with Crippen LogP contribution in [0, 0.1) is 17.2 Å². The number of nitrogen functional groups attached to an aromatic ring is 1. The number of benzene rings is 3. The normalized spacial score (nSPS) is 21.5. The van der Waals surface area contributed by atoms with Crippen molar-refractivity contribution >= 4 is 52.7 Å². The topological polar surface area (TPSA) is 218 Å². The van der Waals surface area contributed by atoms with Gasteiger partial charge in [-0.25, -0.2) is 19.2 Å². The number of anilines is 3. The molecule has 6 aliphatic rings. The summed E-state index contributed by atoms with van der Waals surface area (Å²) in [7, 11) is 0. The number of hydrogen-bond donors (Lipinski definition) is 3. The van der Waals surface area contributed by atoms with Crippen LogP contribution >= 0.6 is 0 Å². The number of likely N-dealkylation sites (tertiary alicyclic amines) is 2. The summed E-state index contributed by atoms with van der Waals surface area (Å²) >= 11 is 0. The van der Waals surface area contributed by atoms with E-state index in [0.29, 0.717) is 51.0 Å². The van der Waals surface area contributed by atoms with Crippen molar-refractivity contribution in [2.45, 2.75) is 88.4 Å². The van der Waals surface area contributed by atoms with Gasteiger partial charge in [0.05, 0.1) is 35.3 Å². The number of aromatic nitrogens is 4. The Morgan fingerprint density at radius 1 is 0.836 bits per heavy atom. The van der Waals surface area contributed by atoms with Gasteiger partial charge in [-0.05, 0) is 125 Å². The lowest BCUT2D eigenvalue weighted by Crippen LogP contribution is -2.56. The Labute approximate surface area is 421 Å². The number of carbonyl (C=O) groups is 6. The number of nitrogens with zero attached hydrogens (tertiary/aromatic N) is 8. The molecule has 7 heterocycles. The number of hydrogen-bond acceptors (Lipinski definition) is 14. The van der Waals surface area contributed by atoms with E-state index in [9.17, 15) is 33.2 Å². The minimum Gasteiger partial charge on any atom is -0.442 e. The number of fused-ring (bicyclic) bond motifs is 1. The molecule has 19 heteroatoms. The third kappa shape index (κ3) is 9.82. The molecule has 4 N–H and O–H groups in total. The number of nitrogens with two attached hydrogens (primary N) is 1. The SMILES string of the molecule is Nc1ncc(-c2cnn(C3CCN(C4CC5(CCN(CC6CCN(c7ccc8c(c7)C(=O)N(C7CCC(=O)NC7=O)C8=O)CC6)CC5)C4)CC3)c2)nc1C(=O)O[C@@H](C(=O)Nc1ccc(F)cc1)c1ccccc1. The Hall–Kier alpha value is -7.38. The number of piperidine rings is 4. The van der Waals surface area contributed by atoms with E-state index in [4.69, 9.17) is 15.6 Å². The van der Waals surface area contributed by atoms with E-state index in [2.05, 4.69) is 35.3 Å². The van der Waals surface area contributed by atoms with Crippen molar-refractivity contribution in [1.29, 1.82) is 0 Å². The molecule has 5 amide bonds. The fourth-order valence-corrected chi connectivity index (χ4v) is 11.9. The molecular formula is C54H58FN11O7. The molecule has 1 saturated carbocycles. The van der Waals surface area contributed by atoms with Crippen LogP contribution in [-0.2, 0) is 19.1 Å². The molecule has 1 spiro atoms. The van der Waals surface area contributed by atoms with Crippen molar-refractivity contribution < 1.29 is 37.9 Å². The van der Waals surface area contributed by atoms with Crippen molar-refractivity contribution in [3.05, 3.63) is 120 Å². The highest BCUT2D eigenvalue weighted by Gasteiger charge is 2.49. The van der Waals surface area contributed by atoms with Gasteiger partial charge in [0.1, 0.15) is 11.9 Å². The molecule has 18 nitrogen and oxygen atoms in total. The van der Waals surface area contributed by atoms with Crippen LogP contribution in [0.5, 0.6) is 0 Å². The first kappa shape index (κ1) is 47.9. The van der Waals surface area contributed by atoms with Gasteiger partial charge in [0, 0.05) is 73.9 Å². The van der Waals surface area contributed by atoms with Crippen LogP contribution in [0.1, 0.15) is 113 Å². The Balaban J connectivity index is 0.623. The second kappa shape index (κ2) is 19.9. The minimum absolute atomic E-state index is 0.0924. The first-order valence-corrected chi connectivity index (χ1v) is 25.4. The Bertz CT molecular complexity index is 2940. The van der Waals surface area contributed by atoms with Crippen LogP contribution in [0.3, 0.4) is 0 Å². The highest BCUT2D eigenvalue weighted by Crippen LogP contribution is 2.52. The van der Waals surface area contributed by atoms with E-state index in [-0.39, 0.29) is 30.4 Å². The van der Waals surface area contributed by atoms with Crippen LogP contribution < -0.4 is 21.3 Å². The van der Waals surface area contributed by atoms with Gasteiger partial charge in [-0.3, -0.25) is 38.9 Å². The second-order valence-electron chi connectivity index (χ2n) is 20.6. The summed E-state index contributed by atoms with van der Waals surface area (Å²) in [5, 5.41) is 9.64. The first-order chi connectivity index (χ1) is 35.4. The van der Waals surface area contributed by atoms with Gasteiger partial charge in [0.2, 0.25) is 17.9 Å². The second-order valence-corrected chi connectivity index (χ2v) is 20.6. The number of rotatable bonds is 12. The predicted octanol–water partition coefficient (Wildman–Crippen LogP) is 5.80. The average molecular weight is 992 g/mol. The van der Waals surface area contributed by atoms with Gasteiger partial charge in [0.25, 0.3) is 17.7 Å². The summed E-state index contributed by atoms with van der Waals surface area (Å²) in [5.74, 6) is -3.50. The zero-order valence-corrected chi connectivity index (χ0v) is 40.5. The van der Waals surface area contributed by atoms with Gasteiger partial charge in [-0.15, -0.1) is 0 Å². The summed E-state index contributed by atoms with van der Waals surface area (Å²) in [6, 6.07) is 19.1. The number of ether oxygens (including phenoxy) is 1. The van der Waals surface area contributed by atoms with E-state index in [1.165, 1.54) is 56.1 Å². The fraction of sp³-hybridized carbons (Fsp3) is 0.426. The summed E-state index contributed by atoms with van der Waals surface area (Å²) in [6.45, 7) is 7.11. The maximum atomic E-state index is 13.6. The van der Waals surface area contributed by atoms with Crippen molar-refractivity contribution in [1.82, 2.24) is 39.8 Å². The highest BCUT2D eigenvalue weighted by molar-refractivity contribution is 6.23.